The van der Waals surface area contributed by atoms with Gasteiger partial charge in [0.25, 0.3) is 10.9 Å². The number of pyridine rings is 1. The first-order chi connectivity index (χ1) is 12.1. The minimum Gasteiger partial charge on any atom is -0.380 e. The van der Waals surface area contributed by atoms with E-state index in [-0.39, 0.29) is 0 Å². The number of hydrogen-bond acceptors (Lipinski definition) is 7. The van der Waals surface area contributed by atoms with Gasteiger partial charge in [0.1, 0.15) is 11.4 Å². The summed E-state index contributed by atoms with van der Waals surface area (Å²) in [5.41, 5.74) is 0.756. The summed E-state index contributed by atoms with van der Waals surface area (Å²) < 4.78 is 0. The van der Waals surface area contributed by atoms with Crippen molar-refractivity contribution in [2.45, 2.75) is 13.0 Å². The van der Waals surface area contributed by atoms with Gasteiger partial charge in [0, 0.05) is 38.9 Å². The molecular formula is C18H25N5O2. The predicted molar refractivity (Wildman–Crippen MR) is 100.0 cm³/mol. The van der Waals surface area contributed by atoms with Gasteiger partial charge in [0.15, 0.2) is 0 Å². The maximum Gasteiger partial charge on any atom is 0.253 e. The van der Waals surface area contributed by atoms with E-state index in [2.05, 4.69) is 32.5 Å². The van der Waals surface area contributed by atoms with Crippen molar-refractivity contribution in [1.82, 2.24) is 14.8 Å². The van der Waals surface area contributed by atoms with Gasteiger partial charge < -0.3 is 20.4 Å². The zero-order chi connectivity index (χ0) is 17.6. The molecule has 2 N–H and O–H groups in total. The summed E-state index contributed by atoms with van der Waals surface area (Å²) in [6.45, 7) is 6.52. The molecule has 1 aromatic carbocycles. The average Bonchev–Trinajstić information content (AvgIpc) is 2.65. The third-order valence-corrected chi connectivity index (χ3v) is 4.63. The fraction of sp³-hybridized carbons (Fsp3) is 0.500. The van der Waals surface area contributed by atoms with Crippen molar-refractivity contribution in [1.29, 1.82) is 0 Å². The third kappa shape index (κ3) is 4.43. The summed E-state index contributed by atoms with van der Waals surface area (Å²) in [6, 6.07) is 5.61. The molecule has 134 valence electrons. The van der Waals surface area contributed by atoms with Crippen molar-refractivity contribution in [3.63, 3.8) is 0 Å². The van der Waals surface area contributed by atoms with Crippen LogP contribution in [0.5, 0.6) is 0 Å². The van der Waals surface area contributed by atoms with Crippen LogP contribution in [0.4, 0.5) is 11.4 Å². The Morgan fingerprint density at radius 2 is 1.76 bits per heavy atom. The highest BCUT2D eigenvalue weighted by molar-refractivity contribution is 5.73. The summed E-state index contributed by atoms with van der Waals surface area (Å²) in [6.07, 6.45) is 2.65. The Hall–Kier alpha value is -2.25. The summed E-state index contributed by atoms with van der Waals surface area (Å²) in [4.78, 5) is 32.5. The van der Waals surface area contributed by atoms with E-state index in [9.17, 15) is 9.59 Å². The zero-order valence-electron chi connectivity index (χ0n) is 14.6. The molecule has 1 saturated heterocycles. The summed E-state index contributed by atoms with van der Waals surface area (Å²) in [5, 5.41) is 6.15. The molecule has 0 amide bonds. The maximum absolute atomic E-state index is 11.8. The molecule has 7 heteroatoms. The van der Waals surface area contributed by atoms with Gasteiger partial charge in [-0.2, -0.15) is 0 Å². The van der Waals surface area contributed by atoms with Crippen molar-refractivity contribution in [3.05, 3.63) is 50.5 Å². The monoisotopic (exact) mass is 343 g/mol. The lowest BCUT2D eigenvalue weighted by molar-refractivity contribution is 0.154. The molecule has 0 atom stereocenters. The van der Waals surface area contributed by atoms with Crippen LogP contribution < -0.4 is 21.5 Å². The third-order valence-electron chi connectivity index (χ3n) is 4.63. The second-order valence-corrected chi connectivity index (χ2v) is 6.51. The second-order valence-electron chi connectivity index (χ2n) is 6.51. The van der Waals surface area contributed by atoms with Crippen molar-refractivity contribution in [2.75, 3.05) is 56.9 Å². The van der Waals surface area contributed by atoms with E-state index in [1.54, 1.807) is 6.20 Å². The van der Waals surface area contributed by atoms with Crippen molar-refractivity contribution >= 4 is 11.4 Å². The number of nitrogens with one attached hydrogen (secondary N) is 2. The molecule has 1 fully saturated rings. The van der Waals surface area contributed by atoms with Gasteiger partial charge in [-0.15, -0.1) is 0 Å². The van der Waals surface area contributed by atoms with E-state index in [0.717, 1.165) is 44.8 Å². The van der Waals surface area contributed by atoms with Gasteiger partial charge in [0.2, 0.25) is 0 Å². The quantitative estimate of drug-likeness (QED) is 0.529. The number of hydrogen-bond donors (Lipinski definition) is 2. The molecule has 0 spiro atoms. The first kappa shape index (κ1) is 17.6. The molecule has 0 radical (unpaired) electrons. The molecule has 7 nitrogen and oxygen atoms in total. The minimum absolute atomic E-state index is 0.384. The lowest BCUT2D eigenvalue weighted by Crippen LogP contribution is -2.45. The van der Waals surface area contributed by atoms with Gasteiger partial charge in [0.05, 0.1) is 12.2 Å². The highest BCUT2D eigenvalue weighted by Crippen LogP contribution is 2.15. The summed E-state index contributed by atoms with van der Waals surface area (Å²) in [7, 11) is 2.14. The number of likely N-dealkylation sites (N-methyl/N-ethyl adjacent to an activating group) is 1. The Kier molecular flexibility index (Phi) is 5.78. The van der Waals surface area contributed by atoms with Crippen LogP contribution in [0.1, 0.15) is 12.1 Å². The normalized spacial score (nSPS) is 16.2. The topological polar surface area (TPSA) is 77.6 Å². The number of aromatic nitrogens is 1. The van der Waals surface area contributed by atoms with Gasteiger partial charge in [-0.25, -0.2) is 0 Å². The Bertz CT molecular complexity index is 747. The standard InChI is InChI=1S/C18H25N5O2/c1-22-9-11-23(12-10-22)8-4-7-20-15-16(18(25)17(15)24)21-13-14-5-2-3-6-19-14/h2-3,5-6,20-21H,4,7-13H2,1H3. The van der Waals surface area contributed by atoms with Crippen LogP contribution in [0.2, 0.25) is 0 Å². The van der Waals surface area contributed by atoms with Gasteiger partial charge in [-0.1, -0.05) is 6.07 Å². The Labute approximate surface area is 147 Å². The molecule has 0 unspecified atom stereocenters. The first-order valence-electron chi connectivity index (χ1n) is 8.77. The number of rotatable bonds is 8. The molecule has 0 bridgehead atoms. The summed E-state index contributed by atoms with van der Waals surface area (Å²) >= 11 is 0. The van der Waals surface area contributed by atoms with Crippen molar-refractivity contribution in [3.8, 4) is 0 Å². The molecule has 1 aliphatic heterocycles. The van der Waals surface area contributed by atoms with Crippen LogP contribution in [-0.4, -0.2) is 61.1 Å². The Morgan fingerprint density at radius 1 is 1.04 bits per heavy atom. The molecule has 3 rings (SSSR count). The van der Waals surface area contributed by atoms with Crippen LogP contribution in [0.25, 0.3) is 0 Å². The van der Waals surface area contributed by atoms with Crippen LogP contribution in [0, 0.1) is 0 Å². The zero-order valence-corrected chi connectivity index (χ0v) is 14.6. The van der Waals surface area contributed by atoms with Crippen molar-refractivity contribution < 1.29 is 0 Å². The smallest absolute Gasteiger partial charge is 0.253 e. The maximum atomic E-state index is 11.8. The molecule has 1 aliphatic rings. The van der Waals surface area contributed by atoms with E-state index < -0.39 is 10.9 Å². The summed E-state index contributed by atoms with van der Waals surface area (Å²) in [5.74, 6) is 0. The Morgan fingerprint density at radius 3 is 2.44 bits per heavy atom. The van der Waals surface area contributed by atoms with E-state index in [0.29, 0.717) is 24.5 Å². The molecule has 25 heavy (non-hydrogen) atoms. The van der Waals surface area contributed by atoms with E-state index in [1.165, 1.54) is 0 Å². The largest absolute Gasteiger partial charge is 0.380 e. The van der Waals surface area contributed by atoms with E-state index >= 15 is 0 Å². The van der Waals surface area contributed by atoms with Crippen LogP contribution in [-0.2, 0) is 6.54 Å². The number of nitrogens with zero attached hydrogens (tertiary/aromatic N) is 3. The lowest BCUT2D eigenvalue weighted by Gasteiger charge is -2.32. The Balaban J connectivity index is 1.44. The van der Waals surface area contributed by atoms with E-state index in [4.69, 9.17) is 0 Å². The minimum atomic E-state index is -0.447. The van der Waals surface area contributed by atoms with E-state index in [1.807, 2.05) is 18.2 Å². The van der Waals surface area contributed by atoms with Crippen LogP contribution >= 0.6 is 0 Å². The second kappa shape index (κ2) is 8.22. The fourth-order valence-electron chi connectivity index (χ4n) is 3.00. The molecule has 1 aromatic heterocycles. The highest BCUT2D eigenvalue weighted by atomic mass is 16.2. The predicted octanol–water partition coefficient (Wildman–Crippen LogP) is 0.339. The average molecular weight is 343 g/mol. The lowest BCUT2D eigenvalue weighted by atomic mass is 10.1. The molecule has 0 aliphatic carbocycles. The SMILES string of the molecule is CN1CCN(CCCNc2c(NCc3ccccn3)c(=O)c2=O)CC1. The van der Waals surface area contributed by atoms with Gasteiger partial charge >= 0.3 is 0 Å². The first-order valence-corrected chi connectivity index (χ1v) is 8.77. The van der Waals surface area contributed by atoms with Crippen LogP contribution in [0.3, 0.4) is 0 Å². The molecule has 0 saturated carbocycles. The van der Waals surface area contributed by atoms with Crippen LogP contribution in [0.15, 0.2) is 34.0 Å². The molecule has 2 aromatic rings. The van der Waals surface area contributed by atoms with Crippen molar-refractivity contribution in [2.24, 2.45) is 0 Å². The molecular weight excluding hydrogens is 318 g/mol. The number of piperazine rings is 1. The highest BCUT2D eigenvalue weighted by Gasteiger charge is 2.20. The fourth-order valence-corrected chi connectivity index (χ4v) is 3.00. The van der Waals surface area contributed by atoms with Gasteiger partial charge in [-0.3, -0.25) is 14.6 Å². The number of anilines is 2. The molecule has 2 heterocycles. The van der Waals surface area contributed by atoms with Gasteiger partial charge in [-0.05, 0) is 32.1 Å².